The number of carbonyl (C=O) groups excluding carboxylic acids is 2. The second-order valence-corrected chi connectivity index (χ2v) is 8.87. The van der Waals surface area contributed by atoms with Gasteiger partial charge in [-0.2, -0.15) is 35.1 Å². The van der Waals surface area contributed by atoms with Gasteiger partial charge in [0.2, 0.25) is 0 Å². The first-order chi connectivity index (χ1) is 15.7. The molecule has 2 aliphatic carbocycles. The Morgan fingerprint density at radius 1 is 0.588 bits per heavy atom. The van der Waals surface area contributed by atoms with Crippen LogP contribution in [0.4, 0.5) is 35.1 Å². The minimum atomic E-state index is -4.66. The minimum Gasteiger partial charge on any atom is -0.456 e. The number of carbonyl (C=O) groups is 2. The number of alkyl halides is 8. The van der Waals surface area contributed by atoms with Crippen molar-refractivity contribution >= 4 is 11.9 Å². The second-order valence-electron chi connectivity index (χ2n) is 8.87. The number of hydrogen-bond donors (Lipinski definition) is 0. The lowest BCUT2D eigenvalue weighted by Gasteiger charge is -2.34. The number of hydrogen-bond acceptors (Lipinski definition) is 4. The minimum absolute atomic E-state index is 0.0906. The van der Waals surface area contributed by atoms with Gasteiger partial charge in [-0.25, -0.2) is 9.59 Å². The Balaban J connectivity index is 1.83. The standard InChI is InChI=1S/C22H28F8O4/c23-19(24,21(27,28)15-7-3-1-4-8-15)13-33-17(31)11-12-18(32)34-14-20(25,26)22(29,30)16-9-5-2-6-10-16/h11-12,15-16H,1-10,13-14H2/b12-11+. The molecule has 196 valence electrons. The maximum atomic E-state index is 14.1. The van der Waals surface area contributed by atoms with E-state index in [2.05, 4.69) is 9.47 Å². The quantitative estimate of drug-likeness (QED) is 0.197. The summed E-state index contributed by atoms with van der Waals surface area (Å²) >= 11 is 0. The summed E-state index contributed by atoms with van der Waals surface area (Å²) in [6.45, 7) is -3.92. The van der Waals surface area contributed by atoms with Crippen molar-refractivity contribution in [3.8, 4) is 0 Å². The van der Waals surface area contributed by atoms with Crippen LogP contribution in [-0.4, -0.2) is 48.8 Å². The highest BCUT2D eigenvalue weighted by Gasteiger charge is 2.62. The van der Waals surface area contributed by atoms with E-state index in [9.17, 15) is 44.7 Å². The molecule has 2 aliphatic rings. The van der Waals surface area contributed by atoms with Gasteiger partial charge in [0.05, 0.1) is 0 Å². The van der Waals surface area contributed by atoms with Gasteiger partial charge in [-0.15, -0.1) is 0 Å². The van der Waals surface area contributed by atoms with Crippen molar-refractivity contribution in [3.05, 3.63) is 12.2 Å². The molecule has 2 rings (SSSR count). The zero-order valence-electron chi connectivity index (χ0n) is 18.5. The van der Waals surface area contributed by atoms with Gasteiger partial charge in [0.1, 0.15) is 0 Å². The molecule has 0 saturated heterocycles. The second kappa shape index (κ2) is 11.2. The highest BCUT2D eigenvalue weighted by Crippen LogP contribution is 2.47. The lowest BCUT2D eigenvalue weighted by Crippen LogP contribution is -2.50. The van der Waals surface area contributed by atoms with E-state index in [1.54, 1.807) is 0 Å². The molecular formula is C22H28F8O4. The smallest absolute Gasteiger partial charge is 0.343 e. The topological polar surface area (TPSA) is 52.6 Å². The molecule has 0 radical (unpaired) electrons. The summed E-state index contributed by atoms with van der Waals surface area (Å²) in [5.41, 5.74) is 0. The van der Waals surface area contributed by atoms with Crippen molar-refractivity contribution < 1.29 is 54.2 Å². The van der Waals surface area contributed by atoms with Crippen molar-refractivity contribution in [2.45, 2.75) is 87.9 Å². The molecule has 2 saturated carbocycles. The molecule has 0 bridgehead atoms. The third-order valence-corrected chi connectivity index (χ3v) is 6.36. The van der Waals surface area contributed by atoms with Gasteiger partial charge in [-0.05, 0) is 25.7 Å². The molecule has 0 atom stereocenters. The first kappa shape index (κ1) is 28.4. The van der Waals surface area contributed by atoms with Crippen molar-refractivity contribution in [2.24, 2.45) is 11.8 Å². The lowest BCUT2D eigenvalue weighted by molar-refractivity contribution is -0.257. The summed E-state index contributed by atoms with van der Waals surface area (Å²) in [6, 6.07) is 0. The first-order valence-corrected chi connectivity index (χ1v) is 11.2. The number of halogens is 8. The Morgan fingerprint density at radius 2 is 0.882 bits per heavy atom. The summed E-state index contributed by atoms with van der Waals surface area (Å²) in [5, 5.41) is 0. The molecule has 0 aromatic heterocycles. The van der Waals surface area contributed by atoms with E-state index >= 15 is 0 Å². The maximum absolute atomic E-state index is 14.1. The van der Waals surface area contributed by atoms with Crippen molar-refractivity contribution in [1.82, 2.24) is 0 Å². The lowest BCUT2D eigenvalue weighted by atomic mass is 9.82. The van der Waals surface area contributed by atoms with Gasteiger partial charge < -0.3 is 9.47 Å². The Labute approximate surface area is 192 Å². The van der Waals surface area contributed by atoms with Crippen LogP contribution in [0.25, 0.3) is 0 Å². The molecule has 4 nitrogen and oxygen atoms in total. The summed E-state index contributed by atoms with van der Waals surface area (Å²) in [4.78, 5) is 23.0. The van der Waals surface area contributed by atoms with Crippen LogP contribution in [0.1, 0.15) is 64.2 Å². The van der Waals surface area contributed by atoms with E-state index in [1.807, 2.05) is 0 Å². The highest BCUT2D eigenvalue weighted by molar-refractivity contribution is 5.91. The molecule has 12 heteroatoms. The summed E-state index contributed by atoms with van der Waals surface area (Å²) in [5.74, 6) is -24.5. The summed E-state index contributed by atoms with van der Waals surface area (Å²) in [7, 11) is 0. The van der Waals surface area contributed by atoms with Crippen LogP contribution in [-0.2, 0) is 19.1 Å². The van der Waals surface area contributed by atoms with Crippen LogP contribution in [0.5, 0.6) is 0 Å². The van der Waals surface area contributed by atoms with Crippen molar-refractivity contribution in [1.29, 1.82) is 0 Å². The first-order valence-electron chi connectivity index (χ1n) is 11.2. The predicted octanol–water partition coefficient (Wildman–Crippen LogP) is 6.33. The third-order valence-electron chi connectivity index (χ3n) is 6.36. The molecule has 0 amide bonds. The van der Waals surface area contributed by atoms with Crippen LogP contribution in [0, 0.1) is 11.8 Å². The molecule has 0 heterocycles. The predicted molar refractivity (Wildman–Crippen MR) is 104 cm³/mol. The molecule has 2 fully saturated rings. The molecule has 0 spiro atoms. The van der Waals surface area contributed by atoms with E-state index in [-0.39, 0.29) is 37.8 Å². The Kier molecular flexibility index (Phi) is 9.37. The zero-order valence-corrected chi connectivity index (χ0v) is 18.5. The van der Waals surface area contributed by atoms with Crippen LogP contribution >= 0.6 is 0 Å². The average molecular weight is 508 g/mol. The average Bonchev–Trinajstić information content (AvgIpc) is 2.81. The fraction of sp³-hybridized carbons (Fsp3) is 0.818. The highest BCUT2D eigenvalue weighted by atomic mass is 19.3. The van der Waals surface area contributed by atoms with E-state index in [1.165, 1.54) is 0 Å². The van der Waals surface area contributed by atoms with E-state index < -0.39 is 60.7 Å². The van der Waals surface area contributed by atoms with E-state index in [0.717, 1.165) is 0 Å². The SMILES string of the molecule is O=C(/C=C/C(=O)OCC(F)(F)C(F)(F)C1CCCCC1)OCC(F)(F)C(F)(F)C1CCCCC1. The molecule has 0 N–H and O–H groups in total. The van der Waals surface area contributed by atoms with E-state index in [4.69, 9.17) is 0 Å². The Morgan fingerprint density at radius 3 is 1.18 bits per heavy atom. The normalized spacial score (nSPS) is 19.9. The third kappa shape index (κ3) is 6.84. The van der Waals surface area contributed by atoms with E-state index in [0.29, 0.717) is 38.5 Å². The fourth-order valence-electron chi connectivity index (χ4n) is 4.28. The van der Waals surface area contributed by atoms with Crippen LogP contribution < -0.4 is 0 Å². The van der Waals surface area contributed by atoms with Crippen LogP contribution in [0.3, 0.4) is 0 Å². The van der Waals surface area contributed by atoms with Gasteiger partial charge in [-0.3, -0.25) is 0 Å². The number of rotatable bonds is 10. The van der Waals surface area contributed by atoms with Crippen molar-refractivity contribution in [3.63, 3.8) is 0 Å². The van der Waals surface area contributed by atoms with Gasteiger partial charge in [0, 0.05) is 24.0 Å². The summed E-state index contributed by atoms with van der Waals surface area (Å²) in [6.07, 6.45) is 2.90. The van der Waals surface area contributed by atoms with Gasteiger partial charge in [-0.1, -0.05) is 38.5 Å². The van der Waals surface area contributed by atoms with Gasteiger partial charge >= 0.3 is 35.6 Å². The molecule has 0 aliphatic heterocycles. The monoisotopic (exact) mass is 508 g/mol. The summed E-state index contributed by atoms with van der Waals surface area (Å²) < 4.78 is 121. The number of ether oxygens (including phenoxy) is 2. The van der Waals surface area contributed by atoms with Crippen LogP contribution in [0.2, 0.25) is 0 Å². The molecule has 0 aromatic rings. The Bertz CT molecular complexity index is 666. The molecule has 0 unspecified atom stereocenters. The van der Waals surface area contributed by atoms with Crippen LogP contribution in [0.15, 0.2) is 12.2 Å². The van der Waals surface area contributed by atoms with Gasteiger partial charge in [0.15, 0.2) is 13.2 Å². The maximum Gasteiger partial charge on any atom is 0.343 e. The largest absolute Gasteiger partial charge is 0.456 e. The molecule has 0 aromatic carbocycles. The fourth-order valence-corrected chi connectivity index (χ4v) is 4.28. The number of esters is 2. The Hall–Kier alpha value is -1.88. The van der Waals surface area contributed by atoms with Gasteiger partial charge in [0.25, 0.3) is 0 Å². The molecule has 34 heavy (non-hydrogen) atoms. The zero-order chi connectivity index (χ0) is 25.6. The van der Waals surface area contributed by atoms with Crippen molar-refractivity contribution in [2.75, 3.05) is 13.2 Å². The molecular weight excluding hydrogens is 480 g/mol.